The zero-order chi connectivity index (χ0) is 16.9. The predicted octanol–water partition coefficient (Wildman–Crippen LogP) is 2.78. The van der Waals surface area contributed by atoms with Gasteiger partial charge in [0.25, 0.3) is 0 Å². The van der Waals surface area contributed by atoms with E-state index in [2.05, 4.69) is 20.5 Å². The van der Waals surface area contributed by atoms with Crippen LogP contribution in [-0.4, -0.2) is 21.1 Å². The average Bonchev–Trinajstić information content (AvgIpc) is 3.05. The molecular formula is C16H12ClFN4O2. The molecule has 0 saturated carbocycles. The maximum atomic E-state index is 13.0. The number of nitrogens with one attached hydrogen (secondary N) is 1. The lowest BCUT2D eigenvalue weighted by atomic mass is 10.1. The minimum Gasteiger partial charge on any atom is -0.417 e. The molecule has 1 N–H and O–H groups in total. The van der Waals surface area contributed by atoms with E-state index in [0.29, 0.717) is 12.1 Å². The number of benzene rings is 1. The van der Waals surface area contributed by atoms with Crippen LogP contribution in [0.1, 0.15) is 27.7 Å². The number of halogens is 2. The van der Waals surface area contributed by atoms with Crippen molar-refractivity contribution in [3.63, 3.8) is 0 Å². The number of aromatic nitrogens is 3. The Bertz CT molecular complexity index is 854. The van der Waals surface area contributed by atoms with E-state index in [9.17, 15) is 9.18 Å². The van der Waals surface area contributed by atoms with Gasteiger partial charge in [-0.1, -0.05) is 23.7 Å². The van der Waals surface area contributed by atoms with Crippen LogP contribution in [-0.2, 0) is 13.0 Å². The van der Waals surface area contributed by atoms with Gasteiger partial charge in [-0.05, 0) is 29.3 Å². The van der Waals surface area contributed by atoms with Gasteiger partial charge in [0.05, 0.1) is 6.42 Å². The summed E-state index contributed by atoms with van der Waals surface area (Å²) in [6, 6.07) is 7.64. The monoisotopic (exact) mass is 346 g/mol. The standard InChI is InChI=1S/C16H12ClFN4O2/c17-13-7-12(18)4-3-11(13)6-14-21-22-16(24-14)15(23)20-9-10-2-1-5-19-8-10/h1-5,7-8H,6,9H2,(H,20,23). The smallest absolute Gasteiger partial charge is 0.309 e. The van der Waals surface area contributed by atoms with Crippen molar-refractivity contribution >= 4 is 17.5 Å². The lowest BCUT2D eigenvalue weighted by Crippen LogP contribution is -2.23. The Labute approximate surface area is 141 Å². The highest BCUT2D eigenvalue weighted by Crippen LogP contribution is 2.20. The predicted molar refractivity (Wildman–Crippen MR) is 83.9 cm³/mol. The average molecular weight is 347 g/mol. The largest absolute Gasteiger partial charge is 0.417 e. The van der Waals surface area contributed by atoms with Crippen LogP contribution in [0.3, 0.4) is 0 Å². The zero-order valence-corrected chi connectivity index (χ0v) is 13.1. The second-order valence-electron chi connectivity index (χ2n) is 4.96. The number of pyridine rings is 1. The molecule has 6 nitrogen and oxygen atoms in total. The highest BCUT2D eigenvalue weighted by atomic mass is 35.5. The second kappa shape index (κ2) is 7.18. The first-order valence-corrected chi connectivity index (χ1v) is 7.43. The SMILES string of the molecule is O=C(NCc1cccnc1)c1nnc(Cc2ccc(F)cc2Cl)o1. The molecule has 0 fully saturated rings. The van der Waals surface area contributed by atoms with Crippen LogP contribution >= 0.6 is 11.6 Å². The first-order chi connectivity index (χ1) is 11.6. The summed E-state index contributed by atoms with van der Waals surface area (Å²) < 4.78 is 18.3. The van der Waals surface area contributed by atoms with Gasteiger partial charge in [0.1, 0.15) is 5.82 Å². The van der Waals surface area contributed by atoms with E-state index in [4.69, 9.17) is 16.0 Å². The fourth-order valence-corrected chi connectivity index (χ4v) is 2.24. The first-order valence-electron chi connectivity index (χ1n) is 7.05. The summed E-state index contributed by atoms with van der Waals surface area (Å²) in [4.78, 5) is 16.0. The van der Waals surface area contributed by atoms with Gasteiger partial charge in [0.2, 0.25) is 5.89 Å². The van der Waals surface area contributed by atoms with E-state index in [1.807, 2.05) is 6.07 Å². The van der Waals surface area contributed by atoms with E-state index >= 15 is 0 Å². The Hall–Kier alpha value is -2.80. The molecule has 2 aromatic heterocycles. The molecule has 0 aliphatic rings. The van der Waals surface area contributed by atoms with Crippen LogP contribution in [0.2, 0.25) is 5.02 Å². The molecule has 0 aliphatic heterocycles. The Morgan fingerprint density at radius 2 is 2.17 bits per heavy atom. The number of hydrogen-bond acceptors (Lipinski definition) is 5. The van der Waals surface area contributed by atoms with E-state index < -0.39 is 11.7 Å². The van der Waals surface area contributed by atoms with Crippen molar-refractivity contribution in [3.05, 3.63) is 76.5 Å². The van der Waals surface area contributed by atoms with Crippen LogP contribution in [0, 0.1) is 5.82 Å². The van der Waals surface area contributed by atoms with Crippen molar-refractivity contribution in [2.75, 3.05) is 0 Å². The molecule has 0 bridgehead atoms. The lowest BCUT2D eigenvalue weighted by molar-refractivity contribution is 0.0914. The number of amides is 1. The Morgan fingerprint density at radius 3 is 2.92 bits per heavy atom. The van der Waals surface area contributed by atoms with Crippen molar-refractivity contribution in [3.8, 4) is 0 Å². The third-order valence-electron chi connectivity index (χ3n) is 3.19. The van der Waals surface area contributed by atoms with E-state index in [0.717, 1.165) is 5.56 Å². The van der Waals surface area contributed by atoms with Crippen molar-refractivity contribution in [2.24, 2.45) is 0 Å². The Morgan fingerprint density at radius 1 is 1.29 bits per heavy atom. The number of carbonyl (C=O) groups excluding carboxylic acids is 1. The van der Waals surface area contributed by atoms with E-state index in [1.165, 1.54) is 18.2 Å². The molecular weight excluding hydrogens is 335 g/mol. The second-order valence-corrected chi connectivity index (χ2v) is 5.36. The molecule has 3 aromatic rings. The molecule has 3 rings (SSSR count). The molecule has 0 aliphatic carbocycles. The maximum absolute atomic E-state index is 13.0. The first kappa shape index (κ1) is 16.1. The minimum atomic E-state index is -0.484. The van der Waals surface area contributed by atoms with Crippen LogP contribution in [0.4, 0.5) is 4.39 Å². The molecule has 0 saturated heterocycles. The number of nitrogens with zero attached hydrogens (tertiary/aromatic N) is 3. The lowest BCUT2D eigenvalue weighted by Gasteiger charge is -2.02. The van der Waals surface area contributed by atoms with E-state index in [1.54, 1.807) is 18.5 Å². The fourth-order valence-electron chi connectivity index (χ4n) is 2.01. The van der Waals surface area contributed by atoms with E-state index in [-0.39, 0.29) is 23.2 Å². The highest BCUT2D eigenvalue weighted by molar-refractivity contribution is 6.31. The highest BCUT2D eigenvalue weighted by Gasteiger charge is 2.15. The van der Waals surface area contributed by atoms with Crippen LogP contribution in [0.15, 0.2) is 47.1 Å². The Kier molecular flexibility index (Phi) is 4.81. The third-order valence-corrected chi connectivity index (χ3v) is 3.55. The molecule has 24 heavy (non-hydrogen) atoms. The molecule has 8 heteroatoms. The summed E-state index contributed by atoms with van der Waals surface area (Å²) >= 11 is 5.95. The van der Waals surface area contributed by atoms with Crippen molar-refractivity contribution in [1.82, 2.24) is 20.5 Å². The summed E-state index contributed by atoms with van der Waals surface area (Å²) in [6.07, 6.45) is 3.51. The third kappa shape index (κ3) is 3.94. The minimum absolute atomic E-state index is 0.146. The van der Waals surface area contributed by atoms with Gasteiger partial charge in [-0.25, -0.2) is 4.39 Å². The van der Waals surface area contributed by atoms with Crippen LogP contribution in [0.5, 0.6) is 0 Å². The molecule has 122 valence electrons. The molecule has 0 radical (unpaired) electrons. The van der Waals surface area contributed by atoms with Crippen LogP contribution in [0.25, 0.3) is 0 Å². The molecule has 1 amide bonds. The number of rotatable bonds is 5. The quantitative estimate of drug-likeness (QED) is 0.768. The summed E-state index contributed by atoms with van der Waals surface area (Å²) in [5, 5.41) is 10.4. The topological polar surface area (TPSA) is 80.9 Å². The molecule has 2 heterocycles. The Balaban J connectivity index is 1.63. The van der Waals surface area contributed by atoms with Gasteiger partial charge in [0.15, 0.2) is 0 Å². The van der Waals surface area contributed by atoms with Gasteiger partial charge in [0, 0.05) is 24.0 Å². The van der Waals surface area contributed by atoms with Crippen molar-refractivity contribution in [2.45, 2.75) is 13.0 Å². The summed E-state index contributed by atoms with van der Waals surface area (Å²) in [5.41, 5.74) is 1.48. The van der Waals surface area contributed by atoms with Crippen LogP contribution < -0.4 is 5.32 Å². The summed E-state index contributed by atoms with van der Waals surface area (Å²) in [5.74, 6) is -0.838. The van der Waals surface area contributed by atoms with Gasteiger partial charge in [-0.2, -0.15) is 0 Å². The molecule has 0 atom stereocenters. The molecule has 1 aromatic carbocycles. The normalized spacial score (nSPS) is 10.6. The fraction of sp³-hybridized carbons (Fsp3) is 0.125. The van der Waals surface area contributed by atoms with Crippen molar-refractivity contribution < 1.29 is 13.6 Å². The van der Waals surface area contributed by atoms with Crippen molar-refractivity contribution in [1.29, 1.82) is 0 Å². The zero-order valence-electron chi connectivity index (χ0n) is 12.4. The van der Waals surface area contributed by atoms with Gasteiger partial charge >= 0.3 is 11.8 Å². The number of hydrogen-bond donors (Lipinski definition) is 1. The number of carbonyl (C=O) groups is 1. The van der Waals surface area contributed by atoms with Gasteiger partial charge < -0.3 is 9.73 Å². The summed E-state index contributed by atoms with van der Waals surface area (Å²) in [6.45, 7) is 0.300. The maximum Gasteiger partial charge on any atom is 0.309 e. The summed E-state index contributed by atoms with van der Waals surface area (Å²) in [7, 11) is 0. The molecule has 0 unspecified atom stereocenters. The van der Waals surface area contributed by atoms with Gasteiger partial charge in [-0.3, -0.25) is 9.78 Å². The molecule has 0 spiro atoms. The van der Waals surface area contributed by atoms with Gasteiger partial charge in [-0.15, -0.1) is 10.2 Å².